The van der Waals surface area contributed by atoms with Gasteiger partial charge >= 0.3 is 10.1 Å². The van der Waals surface area contributed by atoms with E-state index in [-0.39, 0.29) is 12.2 Å². The molecule has 0 saturated heterocycles. The van der Waals surface area contributed by atoms with Crippen molar-refractivity contribution in [2.75, 3.05) is 11.5 Å². The fourth-order valence-corrected chi connectivity index (χ4v) is 2.76. The molecule has 0 radical (unpaired) electrons. The minimum atomic E-state index is -4.14. The zero-order valence-electron chi connectivity index (χ0n) is 8.81. The van der Waals surface area contributed by atoms with Gasteiger partial charge < -0.3 is 4.18 Å². The number of para-hydroxylation sites is 1. The summed E-state index contributed by atoms with van der Waals surface area (Å²) < 4.78 is 56.7. The van der Waals surface area contributed by atoms with Gasteiger partial charge in [0.25, 0.3) is 10.1 Å². The predicted octanol–water partition coefficient (Wildman–Crippen LogP) is 0.673. The van der Waals surface area contributed by atoms with Crippen LogP contribution in [0.5, 0.6) is 5.75 Å². The molecule has 8 heteroatoms. The SMILES string of the molecule is O=S(=O)(O)CCCS(=O)(=O)Oc1ccccc1. The van der Waals surface area contributed by atoms with E-state index < -0.39 is 31.7 Å². The molecule has 6 nitrogen and oxygen atoms in total. The molecule has 0 spiro atoms. The largest absolute Gasteiger partial charge is 0.382 e. The van der Waals surface area contributed by atoms with Crippen molar-refractivity contribution < 1.29 is 25.6 Å². The molecule has 0 aromatic heterocycles. The monoisotopic (exact) mass is 280 g/mol. The van der Waals surface area contributed by atoms with Crippen LogP contribution in [-0.2, 0) is 20.2 Å². The van der Waals surface area contributed by atoms with E-state index in [2.05, 4.69) is 0 Å². The highest BCUT2D eigenvalue weighted by Crippen LogP contribution is 2.12. The van der Waals surface area contributed by atoms with Crippen LogP contribution in [0.2, 0.25) is 0 Å². The molecule has 0 aliphatic carbocycles. The van der Waals surface area contributed by atoms with E-state index in [1.807, 2.05) is 0 Å². The lowest BCUT2D eigenvalue weighted by Gasteiger charge is -2.05. The molecule has 0 heterocycles. The van der Waals surface area contributed by atoms with Gasteiger partial charge in [0.05, 0.1) is 11.5 Å². The van der Waals surface area contributed by atoms with Gasteiger partial charge in [0.2, 0.25) is 0 Å². The van der Waals surface area contributed by atoms with Gasteiger partial charge in [0, 0.05) is 0 Å². The highest BCUT2D eigenvalue weighted by Gasteiger charge is 2.14. The molecular weight excluding hydrogens is 268 g/mol. The maximum atomic E-state index is 11.4. The van der Waals surface area contributed by atoms with E-state index in [0.29, 0.717) is 0 Å². The van der Waals surface area contributed by atoms with Gasteiger partial charge in [0.1, 0.15) is 5.75 Å². The summed E-state index contributed by atoms with van der Waals surface area (Å²) >= 11 is 0. The van der Waals surface area contributed by atoms with Crippen LogP contribution >= 0.6 is 0 Å². The summed E-state index contributed by atoms with van der Waals surface area (Å²) in [5, 5.41) is 0. The fraction of sp³-hybridized carbons (Fsp3) is 0.333. The zero-order chi connectivity index (χ0) is 12.9. The molecule has 96 valence electrons. The van der Waals surface area contributed by atoms with E-state index in [9.17, 15) is 16.8 Å². The maximum Gasteiger partial charge on any atom is 0.309 e. The third-order valence-corrected chi connectivity index (χ3v) is 3.80. The smallest absolute Gasteiger partial charge is 0.309 e. The Balaban J connectivity index is 2.53. The first-order valence-electron chi connectivity index (χ1n) is 4.71. The average molecular weight is 280 g/mol. The first-order valence-corrected chi connectivity index (χ1v) is 7.89. The number of hydrogen-bond acceptors (Lipinski definition) is 5. The predicted molar refractivity (Wildman–Crippen MR) is 61.9 cm³/mol. The summed E-state index contributed by atoms with van der Waals surface area (Å²) in [7, 11) is -7.97. The van der Waals surface area contributed by atoms with Crippen LogP contribution in [0.3, 0.4) is 0 Å². The summed E-state index contributed by atoms with van der Waals surface area (Å²) in [4.78, 5) is 0. The average Bonchev–Trinajstić information content (AvgIpc) is 2.15. The van der Waals surface area contributed by atoms with Crippen molar-refractivity contribution in [3.05, 3.63) is 30.3 Å². The molecule has 0 amide bonds. The van der Waals surface area contributed by atoms with Crippen molar-refractivity contribution in [1.29, 1.82) is 0 Å². The van der Waals surface area contributed by atoms with Crippen molar-refractivity contribution in [2.24, 2.45) is 0 Å². The number of rotatable bonds is 6. The molecule has 1 rings (SSSR count). The maximum absolute atomic E-state index is 11.4. The van der Waals surface area contributed by atoms with Crippen LogP contribution < -0.4 is 4.18 Å². The van der Waals surface area contributed by atoms with Crippen molar-refractivity contribution in [2.45, 2.75) is 6.42 Å². The molecule has 0 fully saturated rings. The number of hydrogen-bond donors (Lipinski definition) is 1. The van der Waals surface area contributed by atoms with Crippen molar-refractivity contribution >= 4 is 20.2 Å². The molecule has 17 heavy (non-hydrogen) atoms. The first-order chi connectivity index (χ1) is 7.79. The molecule has 1 aromatic rings. The second-order valence-electron chi connectivity index (χ2n) is 3.30. The van der Waals surface area contributed by atoms with Crippen LogP contribution in [0, 0.1) is 0 Å². The van der Waals surface area contributed by atoms with Gasteiger partial charge in [-0.05, 0) is 18.6 Å². The van der Waals surface area contributed by atoms with Gasteiger partial charge in [-0.15, -0.1) is 0 Å². The van der Waals surface area contributed by atoms with E-state index in [1.165, 1.54) is 12.1 Å². The Kier molecular flexibility index (Phi) is 4.49. The molecular formula is C9H12O6S2. The first kappa shape index (κ1) is 13.9. The Bertz CT molecular complexity index is 546. The lowest BCUT2D eigenvalue weighted by atomic mass is 10.3. The minimum Gasteiger partial charge on any atom is -0.382 e. The lowest BCUT2D eigenvalue weighted by Crippen LogP contribution is -2.16. The van der Waals surface area contributed by atoms with Crippen molar-refractivity contribution in [3.8, 4) is 5.75 Å². The van der Waals surface area contributed by atoms with E-state index in [4.69, 9.17) is 8.74 Å². The fourth-order valence-electron chi connectivity index (χ4n) is 1.08. The number of benzene rings is 1. The highest BCUT2D eigenvalue weighted by molar-refractivity contribution is 7.87. The van der Waals surface area contributed by atoms with E-state index in [0.717, 1.165) is 0 Å². The molecule has 0 aliphatic rings. The zero-order valence-corrected chi connectivity index (χ0v) is 10.4. The third kappa shape index (κ3) is 6.25. The van der Waals surface area contributed by atoms with Gasteiger partial charge in [-0.1, -0.05) is 18.2 Å². The van der Waals surface area contributed by atoms with Crippen LogP contribution in [0.15, 0.2) is 30.3 Å². The second kappa shape index (κ2) is 5.48. The van der Waals surface area contributed by atoms with Crippen LogP contribution in [0.25, 0.3) is 0 Å². The summed E-state index contributed by atoms with van der Waals surface area (Å²) in [6, 6.07) is 7.88. The quantitative estimate of drug-likeness (QED) is 0.607. The van der Waals surface area contributed by atoms with Gasteiger partial charge in [-0.25, -0.2) is 0 Å². The molecule has 0 atom stereocenters. The van der Waals surface area contributed by atoms with Gasteiger partial charge in [-0.3, -0.25) is 4.55 Å². The minimum absolute atomic E-state index is 0.166. The van der Waals surface area contributed by atoms with Crippen molar-refractivity contribution in [3.63, 3.8) is 0 Å². The Hall–Kier alpha value is -1.12. The Morgan fingerprint density at radius 3 is 2.12 bits per heavy atom. The second-order valence-corrected chi connectivity index (χ2v) is 6.56. The van der Waals surface area contributed by atoms with E-state index >= 15 is 0 Å². The summed E-state index contributed by atoms with van der Waals surface area (Å²) in [5.74, 6) is -0.911. The normalized spacial score (nSPS) is 12.3. The van der Waals surface area contributed by atoms with Crippen LogP contribution in [0.4, 0.5) is 0 Å². The summed E-state index contributed by atoms with van der Waals surface area (Å²) in [5.41, 5.74) is 0. The summed E-state index contributed by atoms with van der Waals surface area (Å²) in [6.45, 7) is 0. The van der Waals surface area contributed by atoms with Crippen LogP contribution in [-0.4, -0.2) is 32.9 Å². The van der Waals surface area contributed by atoms with E-state index in [1.54, 1.807) is 18.2 Å². The molecule has 0 bridgehead atoms. The molecule has 0 unspecified atom stereocenters. The van der Waals surface area contributed by atoms with Crippen LogP contribution in [0.1, 0.15) is 6.42 Å². The summed E-state index contributed by atoms with van der Waals surface area (Å²) in [6.07, 6.45) is -0.214. The molecule has 0 aliphatic heterocycles. The topological polar surface area (TPSA) is 97.7 Å². The van der Waals surface area contributed by atoms with Crippen molar-refractivity contribution in [1.82, 2.24) is 0 Å². The highest BCUT2D eigenvalue weighted by atomic mass is 32.2. The lowest BCUT2D eigenvalue weighted by molar-refractivity contribution is 0.478. The molecule has 1 aromatic carbocycles. The Morgan fingerprint density at radius 2 is 1.59 bits per heavy atom. The molecule has 1 N–H and O–H groups in total. The Labute approximate surface area is 100 Å². The molecule has 0 saturated carbocycles. The Morgan fingerprint density at radius 1 is 1.00 bits per heavy atom. The van der Waals surface area contributed by atoms with Gasteiger partial charge in [-0.2, -0.15) is 16.8 Å². The standard InChI is InChI=1S/C9H12O6S2/c10-16(11,12)7-4-8-17(13,14)15-9-5-2-1-3-6-9/h1-3,5-6H,4,7-8H2,(H,10,11,12). The van der Waals surface area contributed by atoms with Gasteiger partial charge in [0.15, 0.2) is 0 Å². The third-order valence-electron chi connectivity index (χ3n) is 1.76.